The number of esters is 1. The molecule has 0 aliphatic carbocycles. The molecule has 0 spiro atoms. The third-order valence-electron chi connectivity index (χ3n) is 5.34. The number of non-ortho nitro benzene ring substituents is 1. The molecule has 0 aliphatic heterocycles. The van der Waals surface area contributed by atoms with Crippen molar-refractivity contribution < 1.29 is 27.7 Å². The summed E-state index contributed by atoms with van der Waals surface area (Å²) in [4.78, 5) is 36.0. The predicted molar refractivity (Wildman–Crippen MR) is 128 cm³/mol. The van der Waals surface area contributed by atoms with Crippen LogP contribution in [0.3, 0.4) is 0 Å². The molecule has 4 aromatic rings. The van der Waals surface area contributed by atoms with Crippen LogP contribution in [0.2, 0.25) is 0 Å². The van der Waals surface area contributed by atoms with Crippen LogP contribution in [-0.4, -0.2) is 43.4 Å². The molecule has 3 aromatic carbocycles. The quantitative estimate of drug-likeness (QED) is 0.217. The molecule has 1 aromatic heterocycles. The molecule has 0 bridgehead atoms. The Morgan fingerprint density at radius 2 is 1.60 bits per heavy atom. The first-order chi connectivity index (χ1) is 16.7. The van der Waals surface area contributed by atoms with Gasteiger partial charge in [-0.15, -0.1) is 0 Å². The van der Waals surface area contributed by atoms with Gasteiger partial charge in [-0.3, -0.25) is 23.8 Å². The van der Waals surface area contributed by atoms with Gasteiger partial charge in [-0.1, -0.05) is 36.4 Å². The Hall–Kier alpha value is -4.51. The maximum Gasteiger partial charge on any atom is 0.340 e. The van der Waals surface area contributed by atoms with E-state index in [2.05, 4.69) is 0 Å². The van der Waals surface area contributed by atoms with Crippen LogP contribution in [0.4, 0.5) is 11.4 Å². The van der Waals surface area contributed by atoms with Gasteiger partial charge in [0.15, 0.2) is 0 Å². The topological polar surface area (TPSA) is 129 Å². The summed E-state index contributed by atoms with van der Waals surface area (Å²) in [6, 6.07) is 19.0. The Morgan fingerprint density at radius 3 is 2.23 bits per heavy atom. The summed E-state index contributed by atoms with van der Waals surface area (Å²) in [5.74, 6) is -1.29. The molecule has 35 heavy (non-hydrogen) atoms. The third-order valence-corrected chi connectivity index (χ3v) is 7.13. The Morgan fingerprint density at radius 1 is 0.971 bits per heavy atom. The highest BCUT2D eigenvalue weighted by atomic mass is 32.2. The first kappa shape index (κ1) is 23.6. The Kier molecular flexibility index (Phi) is 6.34. The minimum absolute atomic E-state index is 0.0567. The fourth-order valence-corrected chi connectivity index (χ4v) is 5.07. The number of anilines is 1. The number of nitrogens with zero attached hydrogens (tertiary/aromatic N) is 3. The zero-order valence-electron chi connectivity index (χ0n) is 18.4. The fourth-order valence-electron chi connectivity index (χ4n) is 3.63. The Bertz CT molecular complexity index is 1530. The van der Waals surface area contributed by atoms with Gasteiger partial charge in [0.1, 0.15) is 6.54 Å². The van der Waals surface area contributed by atoms with Crippen LogP contribution in [0.15, 0.2) is 90.0 Å². The van der Waals surface area contributed by atoms with Crippen LogP contribution < -0.4 is 4.31 Å². The predicted octanol–water partition coefficient (Wildman–Crippen LogP) is 3.87. The average Bonchev–Trinajstić information content (AvgIpc) is 3.27. The van der Waals surface area contributed by atoms with Gasteiger partial charge in [-0.05, 0) is 30.3 Å². The smallest absolute Gasteiger partial charge is 0.340 e. The Labute approximate surface area is 200 Å². The van der Waals surface area contributed by atoms with Gasteiger partial charge < -0.3 is 4.74 Å². The second-order valence-corrected chi connectivity index (χ2v) is 9.28. The number of hydrogen-bond donors (Lipinski definition) is 0. The number of hydrogen-bond acceptors (Lipinski definition) is 7. The number of benzene rings is 3. The minimum Gasteiger partial charge on any atom is -0.465 e. The van der Waals surface area contributed by atoms with Gasteiger partial charge in [0.05, 0.1) is 33.7 Å². The third kappa shape index (κ3) is 4.49. The molecule has 0 unspecified atom stereocenters. The summed E-state index contributed by atoms with van der Waals surface area (Å²) >= 11 is 0. The van der Waals surface area contributed by atoms with Crippen molar-refractivity contribution in [3.63, 3.8) is 0 Å². The molecule has 0 atom stereocenters. The summed E-state index contributed by atoms with van der Waals surface area (Å²) in [6.07, 6.45) is 1.31. The molecular formula is C24H19N3O7S. The molecule has 0 radical (unpaired) electrons. The molecule has 0 saturated heterocycles. The van der Waals surface area contributed by atoms with Gasteiger partial charge in [0, 0.05) is 23.7 Å². The average molecular weight is 493 g/mol. The van der Waals surface area contributed by atoms with Crippen molar-refractivity contribution in [3.8, 4) is 0 Å². The molecular weight excluding hydrogens is 474 g/mol. The number of carbonyl (C=O) groups is 2. The van der Waals surface area contributed by atoms with Gasteiger partial charge in [0.2, 0.25) is 0 Å². The number of carbonyl (C=O) groups excluding carboxylic acids is 2. The maximum atomic E-state index is 13.5. The monoisotopic (exact) mass is 493 g/mol. The van der Waals surface area contributed by atoms with Gasteiger partial charge in [0.25, 0.3) is 21.6 Å². The van der Waals surface area contributed by atoms with E-state index < -0.39 is 33.4 Å². The van der Waals surface area contributed by atoms with Crippen LogP contribution in [0.1, 0.15) is 15.2 Å². The van der Waals surface area contributed by atoms with E-state index in [0.29, 0.717) is 10.9 Å². The minimum atomic E-state index is -4.22. The second kappa shape index (κ2) is 9.39. The number of fused-ring (bicyclic) bond motifs is 1. The molecule has 11 heteroatoms. The lowest BCUT2D eigenvalue weighted by molar-refractivity contribution is -0.384. The lowest BCUT2D eigenvalue weighted by Gasteiger charge is -2.24. The number of para-hydroxylation sites is 1. The van der Waals surface area contributed by atoms with Gasteiger partial charge in [-0.2, -0.15) is 0 Å². The molecule has 0 N–H and O–H groups in total. The number of nitro benzene ring substituents is 1. The van der Waals surface area contributed by atoms with Crippen LogP contribution in [0, 0.1) is 10.1 Å². The largest absolute Gasteiger partial charge is 0.465 e. The SMILES string of the molecule is COC(=O)c1cn(C(=O)CN(c2ccc([N+](=O)[O-])cc2)S(=O)(=O)c2ccccc2)c2ccccc12. The van der Waals surface area contributed by atoms with Crippen molar-refractivity contribution in [2.24, 2.45) is 0 Å². The number of ether oxygens (including phenoxy) is 1. The summed E-state index contributed by atoms with van der Waals surface area (Å²) in [5.41, 5.74) is 0.400. The zero-order chi connectivity index (χ0) is 25.2. The van der Waals surface area contributed by atoms with E-state index in [1.807, 2.05) is 0 Å². The number of nitro groups is 1. The van der Waals surface area contributed by atoms with Crippen LogP contribution in [0.25, 0.3) is 10.9 Å². The molecule has 10 nitrogen and oxygen atoms in total. The highest BCUT2D eigenvalue weighted by molar-refractivity contribution is 7.92. The van der Waals surface area contributed by atoms with Crippen molar-refractivity contribution in [2.45, 2.75) is 4.90 Å². The van der Waals surface area contributed by atoms with Gasteiger partial charge in [-0.25, -0.2) is 13.2 Å². The van der Waals surface area contributed by atoms with E-state index in [9.17, 15) is 28.1 Å². The highest BCUT2D eigenvalue weighted by Gasteiger charge is 2.29. The van der Waals surface area contributed by atoms with Crippen LogP contribution in [-0.2, 0) is 14.8 Å². The number of aromatic nitrogens is 1. The van der Waals surface area contributed by atoms with Crippen molar-refractivity contribution >= 4 is 44.2 Å². The second-order valence-electron chi connectivity index (χ2n) is 7.41. The first-order valence-electron chi connectivity index (χ1n) is 10.3. The van der Waals surface area contributed by atoms with E-state index in [4.69, 9.17) is 4.74 Å². The summed E-state index contributed by atoms with van der Waals surface area (Å²) in [7, 11) is -3.00. The normalized spacial score (nSPS) is 11.2. The molecule has 4 rings (SSSR count). The molecule has 0 saturated carbocycles. The number of methoxy groups -OCH3 is 1. The van der Waals surface area contributed by atoms with E-state index in [1.165, 1.54) is 42.1 Å². The summed E-state index contributed by atoms with van der Waals surface area (Å²) < 4.78 is 33.9. The highest BCUT2D eigenvalue weighted by Crippen LogP contribution is 2.27. The summed E-state index contributed by atoms with van der Waals surface area (Å²) in [5, 5.41) is 11.5. The lowest BCUT2D eigenvalue weighted by Crippen LogP contribution is -2.37. The van der Waals surface area contributed by atoms with Crippen molar-refractivity contribution in [1.82, 2.24) is 4.57 Å². The fraction of sp³-hybridized carbons (Fsp3) is 0.0833. The van der Waals surface area contributed by atoms with Crippen LogP contribution >= 0.6 is 0 Å². The first-order valence-corrected chi connectivity index (χ1v) is 11.7. The summed E-state index contributed by atoms with van der Waals surface area (Å²) in [6.45, 7) is -0.631. The molecule has 178 valence electrons. The van der Waals surface area contributed by atoms with E-state index in [1.54, 1.807) is 42.5 Å². The zero-order valence-corrected chi connectivity index (χ0v) is 19.2. The van der Waals surface area contributed by atoms with Crippen LogP contribution in [0.5, 0.6) is 0 Å². The van der Waals surface area contributed by atoms with Gasteiger partial charge >= 0.3 is 5.97 Å². The molecule has 0 fully saturated rings. The van der Waals surface area contributed by atoms with E-state index in [-0.39, 0.29) is 21.8 Å². The number of rotatable bonds is 7. The number of sulfonamides is 1. The lowest BCUT2D eigenvalue weighted by atomic mass is 10.2. The standard InChI is InChI=1S/C24H19N3O7S/c1-34-24(29)21-15-25(22-10-6-5-9-20(21)22)23(28)16-26(17-11-13-18(14-12-17)27(30)31)35(32,33)19-7-3-2-4-8-19/h2-15H,16H2,1H3. The van der Waals surface area contributed by atoms with Crippen molar-refractivity contribution in [1.29, 1.82) is 0 Å². The van der Waals surface area contributed by atoms with Crippen molar-refractivity contribution in [3.05, 3.63) is 101 Å². The molecule has 0 aliphatic rings. The Balaban J connectivity index is 1.80. The van der Waals surface area contributed by atoms with E-state index >= 15 is 0 Å². The van der Waals surface area contributed by atoms with Crippen molar-refractivity contribution in [2.75, 3.05) is 18.0 Å². The molecule has 0 amide bonds. The van der Waals surface area contributed by atoms with E-state index in [0.717, 1.165) is 16.4 Å². The molecule has 1 heterocycles. The maximum absolute atomic E-state index is 13.5.